The zero-order valence-electron chi connectivity index (χ0n) is 19.8. The van der Waals surface area contributed by atoms with Gasteiger partial charge in [0.15, 0.2) is 11.5 Å². The zero-order valence-corrected chi connectivity index (χ0v) is 21.3. The number of hydrogen-bond acceptors (Lipinski definition) is 5. The molecule has 0 unspecified atom stereocenters. The number of benzene rings is 4. The van der Waals surface area contributed by atoms with Crippen molar-refractivity contribution < 1.29 is 18.7 Å². The topological polar surface area (TPSA) is 73.1 Å². The maximum Gasteiger partial charge on any atom is 0.307 e. The van der Waals surface area contributed by atoms with Gasteiger partial charge in [0.05, 0.1) is 22.9 Å². The lowest BCUT2D eigenvalue weighted by atomic mass is 10.1. The lowest BCUT2D eigenvalue weighted by Crippen LogP contribution is -2.16. The van der Waals surface area contributed by atoms with Gasteiger partial charge in [-0.05, 0) is 65.2 Å². The molecule has 0 spiro atoms. The first-order valence-electron chi connectivity index (χ1n) is 11.6. The van der Waals surface area contributed by atoms with Gasteiger partial charge < -0.3 is 13.9 Å². The molecule has 5 rings (SSSR count). The highest BCUT2D eigenvalue weighted by atomic mass is 35.5. The molecule has 1 amide bonds. The van der Waals surface area contributed by atoms with Crippen molar-refractivity contribution in [1.29, 1.82) is 0 Å². The number of ether oxygens (including phenoxy) is 2. The van der Waals surface area contributed by atoms with Gasteiger partial charge in [-0.3, -0.25) is 4.79 Å². The number of amides is 1. The van der Waals surface area contributed by atoms with Crippen LogP contribution >= 0.6 is 23.2 Å². The summed E-state index contributed by atoms with van der Waals surface area (Å²) in [5, 5.41) is 7.68. The van der Waals surface area contributed by atoms with E-state index in [-0.39, 0.29) is 5.76 Å². The van der Waals surface area contributed by atoms with Gasteiger partial charge in [-0.15, -0.1) is 0 Å². The van der Waals surface area contributed by atoms with Crippen LogP contribution in [0.25, 0.3) is 21.7 Å². The summed E-state index contributed by atoms with van der Waals surface area (Å²) in [6, 6.07) is 24.5. The molecule has 0 aliphatic rings. The monoisotopic (exact) mass is 532 g/mol. The van der Waals surface area contributed by atoms with E-state index in [0.717, 1.165) is 21.7 Å². The van der Waals surface area contributed by atoms with Crippen molar-refractivity contribution in [2.24, 2.45) is 5.10 Å². The van der Waals surface area contributed by atoms with Gasteiger partial charge in [0.2, 0.25) is 0 Å². The molecule has 5 aromatic rings. The van der Waals surface area contributed by atoms with E-state index < -0.39 is 5.91 Å². The fraction of sp³-hybridized carbons (Fsp3) is 0.103. The smallest absolute Gasteiger partial charge is 0.307 e. The quantitative estimate of drug-likeness (QED) is 0.164. The van der Waals surface area contributed by atoms with Crippen LogP contribution in [0, 0.1) is 0 Å². The molecule has 0 bridgehead atoms. The van der Waals surface area contributed by atoms with E-state index in [1.165, 1.54) is 6.21 Å². The van der Waals surface area contributed by atoms with Crippen molar-refractivity contribution in [1.82, 2.24) is 5.43 Å². The molecular weight excluding hydrogens is 511 g/mol. The van der Waals surface area contributed by atoms with Crippen molar-refractivity contribution in [3.63, 3.8) is 0 Å². The standard InChI is InChI=1S/C29H22Cl2N2O4/c1-2-35-22-10-11-26-21(14-22)15-27(37-26)29(34)33-32-16-18-12-24(30)28(25(31)13-18)36-17-20-8-5-7-19-6-3-4-9-23(19)20/h3-16H,2,17H2,1H3,(H,33,34)/b32-16+. The second-order valence-corrected chi connectivity index (χ2v) is 9.00. The van der Waals surface area contributed by atoms with Gasteiger partial charge in [0, 0.05) is 5.39 Å². The SMILES string of the molecule is CCOc1ccc2oc(C(=O)N/N=C/c3cc(Cl)c(OCc4cccc5ccccc45)c(Cl)c3)cc2c1. The number of furan rings is 1. The summed E-state index contributed by atoms with van der Waals surface area (Å²) in [5.41, 5.74) is 4.65. The largest absolute Gasteiger partial charge is 0.494 e. The average Bonchev–Trinajstić information content (AvgIpc) is 3.32. The number of rotatable bonds is 8. The van der Waals surface area contributed by atoms with Gasteiger partial charge in [0.25, 0.3) is 0 Å². The molecule has 1 N–H and O–H groups in total. The Morgan fingerprint density at radius 2 is 1.73 bits per heavy atom. The highest BCUT2D eigenvalue weighted by molar-refractivity contribution is 6.37. The summed E-state index contributed by atoms with van der Waals surface area (Å²) in [4.78, 5) is 12.5. The minimum atomic E-state index is -0.488. The second kappa shape index (κ2) is 10.9. The number of halogens is 2. The Labute approximate surface area is 223 Å². The molecule has 1 aromatic heterocycles. The highest BCUT2D eigenvalue weighted by Crippen LogP contribution is 2.35. The zero-order chi connectivity index (χ0) is 25.8. The predicted octanol–water partition coefficient (Wildman–Crippen LogP) is 7.63. The Bertz CT molecular complexity index is 1600. The van der Waals surface area contributed by atoms with Crippen LogP contribution < -0.4 is 14.9 Å². The van der Waals surface area contributed by atoms with Crippen LogP contribution in [-0.2, 0) is 6.61 Å². The van der Waals surface area contributed by atoms with Crippen LogP contribution in [-0.4, -0.2) is 18.7 Å². The number of carbonyl (C=O) groups excluding carboxylic acids is 1. The maximum absolute atomic E-state index is 12.5. The van der Waals surface area contributed by atoms with E-state index in [0.29, 0.717) is 45.9 Å². The van der Waals surface area contributed by atoms with E-state index in [1.54, 1.807) is 30.3 Å². The van der Waals surface area contributed by atoms with Crippen LogP contribution in [0.3, 0.4) is 0 Å². The molecular formula is C29H22Cl2N2O4. The summed E-state index contributed by atoms with van der Waals surface area (Å²) in [5.74, 6) is 0.733. The molecule has 0 aliphatic heterocycles. The lowest BCUT2D eigenvalue weighted by Gasteiger charge is -2.12. The first-order chi connectivity index (χ1) is 18.0. The molecule has 0 saturated heterocycles. The highest BCUT2D eigenvalue weighted by Gasteiger charge is 2.13. The summed E-state index contributed by atoms with van der Waals surface area (Å²) < 4.78 is 17.1. The molecule has 0 aliphatic carbocycles. The average molecular weight is 533 g/mol. The first kappa shape index (κ1) is 24.7. The molecule has 186 valence electrons. The fourth-order valence-electron chi connectivity index (χ4n) is 3.97. The third-order valence-electron chi connectivity index (χ3n) is 5.67. The third-order valence-corrected chi connectivity index (χ3v) is 6.24. The Balaban J connectivity index is 1.25. The number of hydrogen-bond donors (Lipinski definition) is 1. The summed E-state index contributed by atoms with van der Waals surface area (Å²) >= 11 is 12.9. The van der Waals surface area contributed by atoms with Crippen molar-refractivity contribution in [2.75, 3.05) is 6.61 Å². The van der Waals surface area contributed by atoms with Crippen molar-refractivity contribution in [3.8, 4) is 11.5 Å². The van der Waals surface area contributed by atoms with E-state index in [2.05, 4.69) is 28.7 Å². The molecule has 4 aromatic carbocycles. The number of carbonyl (C=O) groups is 1. The summed E-state index contributed by atoms with van der Waals surface area (Å²) in [6.45, 7) is 2.77. The van der Waals surface area contributed by atoms with Gasteiger partial charge in [-0.25, -0.2) is 5.43 Å². The molecule has 0 saturated carbocycles. The molecule has 6 nitrogen and oxygen atoms in total. The minimum absolute atomic E-state index is 0.133. The fourth-order valence-corrected chi connectivity index (χ4v) is 4.58. The Morgan fingerprint density at radius 1 is 0.946 bits per heavy atom. The number of nitrogens with one attached hydrogen (secondary N) is 1. The molecule has 1 heterocycles. The first-order valence-corrected chi connectivity index (χ1v) is 12.4. The third kappa shape index (κ3) is 5.56. The Hall–Kier alpha value is -4.00. The van der Waals surface area contributed by atoms with Crippen molar-refractivity contribution in [3.05, 3.63) is 106 Å². The number of fused-ring (bicyclic) bond motifs is 2. The van der Waals surface area contributed by atoms with Gasteiger partial charge in [0.1, 0.15) is 17.9 Å². The van der Waals surface area contributed by atoms with Gasteiger partial charge in [-0.2, -0.15) is 5.10 Å². The van der Waals surface area contributed by atoms with Crippen LogP contribution in [0.1, 0.15) is 28.6 Å². The second-order valence-electron chi connectivity index (χ2n) is 8.18. The van der Waals surface area contributed by atoms with E-state index in [4.69, 9.17) is 37.1 Å². The van der Waals surface area contributed by atoms with Gasteiger partial charge in [-0.1, -0.05) is 65.7 Å². The van der Waals surface area contributed by atoms with E-state index in [9.17, 15) is 4.79 Å². The van der Waals surface area contributed by atoms with Crippen LogP contribution in [0.4, 0.5) is 0 Å². The number of hydrazone groups is 1. The number of nitrogens with zero attached hydrogens (tertiary/aromatic N) is 1. The van der Waals surface area contributed by atoms with Crippen molar-refractivity contribution >= 4 is 57.1 Å². The van der Waals surface area contributed by atoms with Crippen molar-refractivity contribution in [2.45, 2.75) is 13.5 Å². The molecule has 0 fully saturated rings. The van der Waals surface area contributed by atoms with Crippen LogP contribution in [0.5, 0.6) is 11.5 Å². The molecule has 37 heavy (non-hydrogen) atoms. The lowest BCUT2D eigenvalue weighted by molar-refractivity contribution is 0.0929. The van der Waals surface area contributed by atoms with Crippen LogP contribution in [0.15, 0.2) is 88.4 Å². The minimum Gasteiger partial charge on any atom is -0.494 e. The molecule has 0 atom stereocenters. The molecule has 8 heteroatoms. The van der Waals surface area contributed by atoms with Crippen LogP contribution in [0.2, 0.25) is 10.0 Å². The summed E-state index contributed by atoms with van der Waals surface area (Å²) in [7, 11) is 0. The Kier molecular flexibility index (Phi) is 7.30. The summed E-state index contributed by atoms with van der Waals surface area (Å²) in [6.07, 6.45) is 1.44. The predicted molar refractivity (Wildman–Crippen MR) is 147 cm³/mol. The van der Waals surface area contributed by atoms with Gasteiger partial charge >= 0.3 is 5.91 Å². The van der Waals surface area contributed by atoms with E-state index >= 15 is 0 Å². The molecule has 0 radical (unpaired) electrons. The Morgan fingerprint density at radius 3 is 2.54 bits per heavy atom. The van der Waals surface area contributed by atoms with E-state index in [1.807, 2.05) is 37.3 Å². The normalized spacial score (nSPS) is 11.3. The maximum atomic E-state index is 12.5.